The molecule has 0 saturated carbocycles. The Balaban J connectivity index is 1.44. The molecular formula is C20H21ClN4OS. The number of aromatic nitrogens is 2. The third-order valence-electron chi connectivity index (χ3n) is 4.94. The molecule has 0 radical (unpaired) electrons. The zero-order valence-corrected chi connectivity index (χ0v) is 16.8. The molecule has 27 heavy (non-hydrogen) atoms. The largest absolute Gasteiger partial charge is 0.352 e. The van der Waals surface area contributed by atoms with Crippen LogP contribution in [-0.2, 0) is 17.6 Å². The molecule has 1 amide bonds. The molecule has 1 aliphatic rings. The van der Waals surface area contributed by atoms with Gasteiger partial charge in [0.25, 0.3) is 0 Å². The number of benzene rings is 1. The van der Waals surface area contributed by atoms with Crippen LogP contribution in [0.5, 0.6) is 0 Å². The van der Waals surface area contributed by atoms with E-state index in [4.69, 9.17) is 11.6 Å². The molecule has 0 spiro atoms. The van der Waals surface area contributed by atoms with Crippen LogP contribution in [0.2, 0.25) is 5.02 Å². The molecule has 0 N–H and O–H groups in total. The molecule has 1 aromatic carbocycles. The molecule has 0 bridgehead atoms. The number of amides is 1. The van der Waals surface area contributed by atoms with Crippen molar-refractivity contribution in [3.05, 3.63) is 52.1 Å². The van der Waals surface area contributed by atoms with Crippen molar-refractivity contribution in [2.75, 3.05) is 31.1 Å². The maximum Gasteiger partial charge on any atom is 0.227 e. The van der Waals surface area contributed by atoms with Crippen LogP contribution in [0.25, 0.3) is 10.2 Å². The first-order chi connectivity index (χ1) is 13.2. The summed E-state index contributed by atoms with van der Waals surface area (Å²) in [6.45, 7) is 5.09. The average molecular weight is 401 g/mol. The van der Waals surface area contributed by atoms with Gasteiger partial charge in [0.15, 0.2) is 0 Å². The second-order valence-electron chi connectivity index (χ2n) is 6.62. The lowest BCUT2D eigenvalue weighted by Crippen LogP contribution is -2.49. The highest BCUT2D eigenvalue weighted by Gasteiger charge is 2.24. The number of hydrogen-bond donors (Lipinski definition) is 0. The minimum Gasteiger partial charge on any atom is -0.352 e. The van der Waals surface area contributed by atoms with Crippen molar-refractivity contribution in [3.8, 4) is 0 Å². The van der Waals surface area contributed by atoms with Gasteiger partial charge in [0.1, 0.15) is 17.0 Å². The summed E-state index contributed by atoms with van der Waals surface area (Å²) in [5.74, 6) is 1.11. The predicted octanol–water partition coefficient (Wildman–Crippen LogP) is 3.80. The fourth-order valence-corrected chi connectivity index (χ4v) is 4.54. The zero-order chi connectivity index (χ0) is 18.8. The van der Waals surface area contributed by atoms with E-state index in [1.165, 1.54) is 4.88 Å². The van der Waals surface area contributed by atoms with Gasteiger partial charge >= 0.3 is 0 Å². The summed E-state index contributed by atoms with van der Waals surface area (Å²) >= 11 is 7.92. The summed E-state index contributed by atoms with van der Waals surface area (Å²) < 4.78 is 0. The van der Waals surface area contributed by atoms with Gasteiger partial charge in [0.2, 0.25) is 5.91 Å². The highest BCUT2D eigenvalue weighted by molar-refractivity contribution is 7.18. The van der Waals surface area contributed by atoms with Gasteiger partial charge in [-0.05, 0) is 24.1 Å². The summed E-state index contributed by atoms with van der Waals surface area (Å²) in [5.41, 5.74) is 0.884. The Morgan fingerprint density at radius 2 is 1.96 bits per heavy atom. The molecular weight excluding hydrogens is 380 g/mol. The number of piperazine rings is 1. The number of rotatable bonds is 4. The molecule has 0 unspecified atom stereocenters. The smallest absolute Gasteiger partial charge is 0.227 e. The van der Waals surface area contributed by atoms with Crippen molar-refractivity contribution in [1.29, 1.82) is 0 Å². The fraction of sp³-hybridized carbons (Fsp3) is 0.350. The summed E-state index contributed by atoms with van der Waals surface area (Å²) in [6, 6.07) is 9.73. The Hall–Kier alpha value is -2.18. The number of thiophene rings is 1. The van der Waals surface area contributed by atoms with Crippen LogP contribution in [-0.4, -0.2) is 47.0 Å². The van der Waals surface area contributed by atoms with Gasteiger partial charge < -0.3 is 9.80 Å². The highest BCUT2D eigenvalue weighted by Crippen LogP contribution is 2.31. The monoisotopic (exact) mass is 400 g/mol. The molecule has 3 heterocycles. The SMILES string of the molecule is CCc1cc2c(N3CCN(C(=O)Cc4ccccc4Cl)CC3)ncnc2s1. The highest BCUT2D eigenvalue weighted by atomic mass is 35.5. The van der Waals surface area contributed by atoms with E-state index >= 15 is 0 Å². The first kappa shape index (κ1) is 18.2. The molecule has 1 saturated heterocycles. The quantitative estimate of drug-likeness (QED) is 0.668. The Labute approximate surface area is 167 Å². The van der Waals surface area contributed by atoms with Gasteiger partial charge in [-0.1, -0.05) is 36.7 Å². The first-order valence-electron chi connectivity index (χ1n) is 9.15. The van der Waals surface area contributed by atoms with E-state index < -0.39 is 0 Å². The van der Waals surface area contributed by atoms with Crippen LogP contribution in [0.4, 0.5) is 5.82 Å². The number of carbonyl (C=O) groups is 1. The Morgan fingerprint density at radius 3 is 2.70 bits per heavy atom. The summed E-state index contributed by atoms with van der Waals surface area (Å²) in [5, 5.41) is 1.77. The number of hydrogen-bond acceptors (Lipinski definition) is 5. The number of nitrogens with zero attached hydrogens (tertiary/aromatic N) is 4. The zero-order valence-electron chi connectivity index (χ0n) is 15.2. The van der Waals surface area contributed by atoms with Crippen LogP contribution in [0.15, 0.2) is 36.7 Å². The van der Waals surface area contributed by atoms with Crippen molar-refractivity contribution in [1.82, 2.24) is 14.9 Å². The van der Waals surface area contributed by atoms with Gasteiger partial charge in [0, 0.05) is 36.1 Å². The minimum atomic E-state index is 0.124. The molecule has 0 atom stereocenters. The van der Waals surface area contributed by atoms with Crippen LogP contribution in [0, 0.1) is 0 Å². The van der Waals surface area contributed by atoms with Crippen LogP contribution < -0.4 is 4.90 Å². The number of halogens is 1. The van der Waals surface area contributed by atoms with Crippen LogP contribution in [0.3, 0.4) is 0 Å². The summed E-state index contributed by atoms with van der Waals surface area (Å²) in [7, 11) is 0. The van der Waals surface area contributed by atoms with Crippen molar-refractivity contribution < 1.29 is 4.79 Å². The molecule has 7 heteroatoms. The lowest BCUT2D eigenvalue weighted by Gasteiger charge is -2.35. The minimum absolute atomic E-state index is 0.124. The number of carbonyl (C=O) groups excluding carboxylic acids is 1. The summed E-state index contributed by atoms with van der Waals surface area (Å²) in [6.07, 6.45) is 3.00. The third-order valence-corrected chi connectivity index (χ3v) is 6.50. The summed E-state index contributed by atoms with van der Waals surface area (Å²) in [4.78, 5) is 28.1. The van der Waals surface area contributed by atoms with E-state index in [1.807, 2.05) is 29.2 Å². The second-order valence-corrected chi connectivity index (χ2v) is 8.14. The molecule has 4 rings (SSSR count). The van der Waals surface area contributed by atoms with E-state index in [0.717, 1.165) is 41.1 Å². The van der Waals surface area contributed by atoms with E-state index in [-0.39, 0.29) is 5.91 Å². The van der Waals surface area contributed by atoms with Crippen molar-refractivity contribution >= 4 is 44.9 Å². The van der Waals surface area contributed by atoms with Crippen molar-refractivity contribution in [2.24, 2.45) is 0 Å². The number of aryl methyl sites for hydroxylation is 1. The van der Waals surface area contributed by atoms with Gasteiger partial charge in [0.05, 0.1) is 11.8 Å². The molecule has 3 aromatic rings. The third kappa shape index (κ3) is 3.77. The van der Waals surface area contributed by atoms with E-state index in [9.17, 15) is 4.79 Å². The standard InChI is InChI=1S/C20H21ClN4OS/c1-2-15-12-16-19(22-13-23-20(16)27-15)25-9-7-24(8-10-25)18(26)11-14-5-3-4-6-17(14)21/h3-6,12-13H,2,7-11H2,1H3. The molecule has 2 aromatic heterocycles. The lowest BCUT2D eigenvalue weighted by molar-refractivity contribution is -0.130. The van der Waals surface area contributed by atoms with Gasteiger partial charge in [-0.15, -0.1) is 11.3 Å². The molecule has 140 valence electrons. The molecule has 0 aliphatic carbocycles. The van der Waals surface area contributed by atoms with E-state index in [0.29, 0.717) is 24.5 Å². The fourth-order valence-electron chi connectivity index (χ4n) is 3.40. The maximum absolute atomic E-state index is 12.6. The number of fused-ring (bicyclic) bond motifs is 1. The van der Waals surface area contributed by atoms with Crippen LogP contribution in [0.1, 0.15) is 17.4 Å². The molecule has 1 aliphatic heterocycles. The van der Waals surface area contributed by atoms with E-state index in [2.05, 4.69) is 27.9 Å². The Bertz CT molecular complexity index is 966. The topological polar surface area (TPSA) is 49.3 Å². The lowest BCUT2D eigenvalue weighted by atomic mass is 10.1. The van der Waals surface area contributed by atoms with Gasteiger partial charge in [-0.2, -0.15) is 0 Å². The Morgan fingerprint density at radius 1 is 1.19 bits per heavy atom. The van der Waals surface area contributed by atoms with Crippen LogP contribution >= 0.6 is 22.9 Å². The normalized spacial score (nSPS) is 14.7. The van der Waals surface area contributed by atoms with Gasteiger partial charge in [-0.25, -0.2) is 9.97 Å². The van der Waals surface area contributed by atoms with E-state index in [1.54, 1.807) is 17.7 Å². The van der Waals surface area contributed by atoms with Gasteiger partial charge in [-0.3, -0.25) is 4.79 Å². The number of anilines is 1. The average Bonchev–Trinajstić information content (AvgIpc) is 3.13. The maximum atomic E-state index is 12.6. The Kier molecular flexibility index (Phi) is 5.27. The van der Waals surface area contributed by atoms with Crippen molar-refractivity contribution in [3.63, 3.8) is 0 Å². The predicted molar refractivity (Wildman–Crippen MR) is 111 cm³/mol. The second kappa shape index (κ2) is 7.82. The van der Waals surface area contributed by atoms with Crippen molar-refractivity contribution in [2.45, 2.75) is 19.8 Å². The first-order valence-corrected chi connectivity index (χ1v) is 10.3. The molecule has 5 nitrogen and oxygen atoms in total. The molecule has 1 fully saturated rings.